The molecular weight excluding hydrogens is 531 g/mol. The number of amidine groups is 1. The molecule has 1 unspecified atom stereocenters. The number of nitrogens with one attached hydrogen (secondary N) is 2. The van der Waals surface area contributed by atoms with Gasteiger partial charge in [-0.15, -0.1) is 0 Å². The molecule has 1 aliphatic rings. The van der Waals surface area contributed by atoms with Gasteiger partial charge in [0.2, 0.25) is 0 Å². The number of aryl methyl sites for hydroxylation is 1. The molecule has 1 atom stereocenters. The minimum absolute atomic E-state index is 0.0367. The zero-order valence-corrected chi connectivity index (χ0v) is 22.5. The molecule has 0 radical (unpaired) electrons. The van der Waals surface area contributed by atoms with E-state index in [0.29, 0.717) is 46.8 Å². The highest BCUT2D eigenvalue weighted by Gasteiger charge is 2.31. The van der Waals surface area contributed by atoms with E-state index in [1.54, 1.807) is 48.5 Å². The Labute approximate surface area is 230 Å². The monoisotopic (exact) mass is 561 g/mol. The summed E-state index contributed by atoms with van der Waals surface area (Å²) in [6, 6.07) is 12.6. The fraction of sp³-hybridized carbons (Fsp3) is 0.357. The Hall–Kier alpha value is -3.66. The van der Waals surface area contributed by atoms with Gasteiger partial charge in [0.15, 0.2) is 0 Å². The predicted molar refractivity (Wildman–Crippen MR) is 147 cm³/mol. The van der Waals surface area contributed by atoms with Gasteiger partial charge in [0.05, 0.1) is 18.7 Å². The van der Waals surface area contributed by atoms with E-state index in [4.69, 9.17) is 22.7 Å². The lowest BCUT2D eigenvalue weighted by molar-refractivity contribution is -0.135. The summed E-state index contributed by atoms with van der Waals surface area (Å²) in [5.74, 6) is -0.537. The Morgan fingerprint density at radius 3 is 2.51 bits per heavy atom. The van der Waals surface area contributed by atoms with Crippen LogP contribution in [0.4, 0.5) is 23.7 Å². The summed E-state index contributed by atoms with van der Waals surface area (Å²) < 4.78 is 39.0. The van der Waals surface area contributed by atoms with Gasteiger partial charge in [-0.3, -0.25) is 20.1 Å². The number of hydrogen-bond acceptors (Lipinski definition) is 5. The number of hydrogen-bond donors (Lipinski definition) is 3. The van der Waals surface area contributed by atoms with Gasteiger partial charge < -0.3 is 11.1 Å². The van der Waals surface area contributed by atoms with Crippen LogP contribution in [-0.4, -0.2) is 47.5 Å². The summed E-state index contributed by atoms with van der Waals surface area (Å²) >= 11 is 6.09. The molecule has 0 spiro atoms. The van der Waals surface area contributed by atoms with Gasteiger partial charge in [0.1, 0.15) is 11.6 Å². The molecule has 11 heteroatoms. The van der Waals surface area contributed by atoms with Crippen LogP contribution >= 0.6 is 11.6 Å². The Morgan fingerprint density at radius 1 is 1.21 bits per heavy atom. The second-order valence-corrected chi connectivity index (χ2v) is 9.92. The highest BCUT2D eigenvalue weighted by molar-refractivity contribution is 6.30. The van der Waals surface area contributed by atoms with E-state index in [2.05, 4.69) is 10.3 Å². The van der Waals surface area contributed by atoms with Crippen LogP contribution < -0.4 is 11.1 Å². The van der Waals surface area contributed by atoms with Gasteiger partial charge in [-0.1, -0.05) is 47.5 Å². The summed E-state index contributed by atoms with van der Waals surface area (Å²) in [7, 11) is 0. The van der Waals surface area contributed by atoms with E-state index >= 15 is 0 Å². The van der Waals surface area contributed by atoms with Crippen LogP contribution in [0.15, 0.2) is 64.8 Å². The average Bonchev–Trinajstić information content (AvgIpc) is 2.87. The van der Waals surface area contributed by atoms with Crippen molar-refractivity contribution in [3.8, 4) is 0 Å². The molecule has 7 nitrogen and oxygen atoms in total. The first-order valence-electron chi connectivity index (χ1n) is 12.4. The van der Waals surface area contributed by atoms with Crippen LogP contribution in [0.5, 0.6) is 0 Å². The third-order valence-corrected chi connectivity index (χ3v) is 6.69. The predicted octanol–water partition coefficient (Wildman–Crippen LogP) is 6.31. The maximum absolute atomic E-state index is 13.0. The summed E-state index contributed by atoms with van der Waals surface area (Å²) in [5, 5.41) is 11.5. The Balaban J connectivity index is 1.83. The number of carbonyl (C=O) groups is 2. The first-order chi connectivity index (χ1) is 18.3. The fourth-order valence-corrected chi connectivity index (χ4v) is 4.41. The molecule has 2 amide bonds. The number of Topliss-reactive ketones (excluding diaryl/α,β-unsaturated/α-hetero) is 1. The van der Waals surface area contributed by atoms with Gasteiger partial charge in [0.25, 0.3) is 0 Å². The van der Waals surface area contributed by atoms with Crippen molar-refractivity contribution in [1.82, 2.24) is 10.2 Å². The van der Waals surface area contributed by atoms with Gasteiger partial charge >= 0.3 is 12.2 Å². The molecule has 39 heavy (non-hydrogen) atoms. The fourth-order valence-electron chi connectivity index (χ4n) is 4.22. The number of urea groups is 1. The number of carbonyl (C=O) groups excluding carboxylic acids is 2. The van der Waals surface area contributed by atoms with E-state index in [1.807, 2.05) is 6.92 Å². The van der Waals surface area contributed by atoms with Crippen LogP contribution in [0.2, 0.25) is 5.02 Å². The number of allylic oxidation sites excluding steroid dienone is 1. The molecule has 1 aliphatic carbocycles. The van der Waals surface area contributed by atoms with Crippen molar-refractivity contribution in [1.29, 1.82) is 5.41 Å². The molecule has 0 saturated heterocycles. The summed E-state index contributed by atoms with van der Waals surface area (Å²) in [6.45, 7) is 2.47. The van der Waals surface area contributed by atoms with Crippen LogP contribution in [0.1, 0.15) is 43.7 Å². The van der Waals surface area contributed by atoms with E-state index in [9.17, 15) is 22.8 Å². The highest BCUT2D eigenvalue weighted by Crippen LogP contribution is 2.31. The van der Waals surface area contributed by atoms with Crippen molar-refractivity contribution in [3.05, 3.63) is 76.0 Å². The van der Waals surface area contributed by atoms with Gasteiger partial charge in [-0.2, -0.15) is 13.2 Å². The maximum atomic E-state index is 13.0. The van der Waals surface area contributed by atoms with Crippen molar-refractivity contribution < 1.29 is 22.8 Å². The molecule has 4 N–H and O–H groups in total. The number of aliphatic imine (C=N–C) groups is 1. The zero-order valence-electron chi connectivity index (χ0n) is 21.7. The topological polar surface area (TPSA) is 112 Å². The number of benzene rings is 2. The minimum Gasteiger partial charge on any atom is -0.400 e. The molecule has 1 fully saturated rings. The highest BCUT2D eigenvalue weighted by atomic mass is 35.5. The van der Waals surface area contributed by atoms with Crippen LogP contribution in [-0.2, 0) is 4.79 Å². The second kappa shape index (κ2) is 12.9. The average molecular weight is 562 g/mol. The minimum atomic E-state index is -4.51. The molecule has 208 valence electrons. The van der Waals surface area contributed by atoms with E-state index in [0.717, 1.165) is 10.5 Å². The Kier molecular flexibility index (Phi) is 9.91. The smallest absolute Gasteiger partial charge is 0.390 e. The number of rotatable bonds is 7. The molecular formula is C28H31ClF3N5O2. The second-order valence-electron chi connectivity index (χ2n) is 9.48. The number of nitrogens with two attached hydrogens (primary N) is 1. The third-order valence-electron chi connectivity index (χ3n) is 6.45. The maximum Gasteiger partial charge on any atom is 0.390 e. The van der Waals surface area contributed by atoms with Crippen molar-refractivity contribution in [2.75, 3.05) is 13.1 Å². The normalized spacial score (nSPS) is 18.0. The number of amides is 2. The third kappa shape index (κ3) is 8.68. The van der Waals surface area contributed by atoms with Crippen LogP contribution in [0.3, 0.4) is 0 Å². The van der Waals surface area contributed by atoms with Gasteiger partial charge in [-0.25, -0.2) is 4.79 Å². The van der Waals surface area contributed by atoms with Crippen LogP contribution in [0, 0.1) is 18.3 Å². The summed E-state index contributed by atoms with van der Waals surface area (Å²) in [5.41, 5.74) is 9.71. The zero-order chi connectivity index (χ0) is 28.7. The molecule has 2 aromatic rings. The molecule has 0 heterocycles. The SMILES string of the molecule is CC(=O)C1CC/C(=C(/N)CNC(=O)N(CCC(F)(F)F)C(=N)c2ccc(C)cc2)C(=Nc2cccc(Cl)c2)C1. The number of nitrogens with zero attached hydrogens (tertiary/aromatic N) is 2. The number of halogens is 4. The van der Waals surface area contributed by atoms with E-state index in [-0.39, 0.29) is 29.8 Å². The lowest BCUT2D eigenvalue weighted by atomic mass is 9.81. The molecule has 0 bridgehead atoms. The van der Waals surface area contributed by atoms with Crippen molar-refractivity contribution in [2.45, 2.75) is 45.7 Å². The lowest BCUT2D eigenvalue weighted by Gasteiger charge is -2.27. The van der Waals surface area contributed by atoms with Crippen LogP contribution in [0.25, 0.3) is 0 Å². The Bertz CT molecular complexity index is 1290. The first-order valence-corrected chi connectivity index (χ1v) is 12.8. The van der Waals surface area contributed by atoms with Crippen molar-refractivity contribution >= 4 is 40.6 Å². The largest absolute Gasteiger partial charge is 0.400 e. The number of alkyl halides is 3. The summed E-state index contributed by atoms with van der Waals surface area (Å²) in [4.78, 5) is 30.5. The summed E-state index contributed by atoms with van der Waals surface area (Å²) in [6.07, 6.45) is -4.41. The van der Waals surface area contributed by atoms with E-state index in [1.165, 1.54) is 6.92 Å². The molecule has 2 aromatic carbocycles. The molecule has 0 aromatic heterocycles. The number of ketones is 1. The van der Waals surface area contributed by atoms with E-state index < -0.39 is 25.2 Å². The quantitative estimate of drug-likeness (QED) is 0.272. The molecule has 1 saturated carbocycles. The first kappa shape index (κ1) is 29.9. The van der Waals surface area contributed by atoms with Gasteiger partial charge in [0, 0.05) is 34.5 Å². The lowest BCUT2D eigenvalue weighted by Crippen LogP contribution is -2.46. The molecule has 0 aliphatic heterocycles. The Morgan fingerprint density at radius 2 is 1.90 bits per heavy atom. The van der Waals surface area contributed by atoms with Crippen molar-refractivity contribution in [3.63, 3.8) is 0 Å². The van der Waals surface area contributed by atoms with Gasteiger partial charge in [-0.05, 0) is 56.9 Å². The standard InChI is InChI=1S/C28H31ClF3N5O2/c1-17-6-8-19(9-7-17)26(34)37(13-12-28(30,31)32)27(39)35-16-24(33)23-11-10-20(18(2)38)14-25(23)36-22-5-3-4-21(29)15-22/h3-9,15,20,34H,10-14,16,33H2,1-2H3,(H,35,39)/b24-23-,34-26?,36-25?. The van der Waals surface area contributed by atoms with Crippen molar-refractivity contribution in [2.24, 2.45) is 16.6 Å². The molecule has 3 rings (SSSR count).